The lowest BCUT2D eigenvalue weighted by atomic mass is 10.3. The van der Waals surface area contributed by atoms with Crippen LogP contribution in [-0.2, 0) is 0 Å². The molecule has 2 N–H and O–H groups in total. The highest BCUT2D eigenvalue weighted by atomic mass is 16.4. The second kappa shape index (κ2) is 7.48. The Morgan fingerprint density at radius 2 is 1.89 bits per heavy atom. The number of carboxylic acid groups (broad SMARTS) is 1. The lowest BCUT2D eigenvalue weighted by Gasteiger charge is -2.17. The van der Waals surface area contributed by atoms with E-state index in [9.17, 15) is 9.59 Å². The number of nitrogens with one attached hydrogen (secondary N) is 1. The van der Waals surface area contributed by atoms with Crippen LogP contribution in [0.1, 0.15) is 34.8 Å². The normalized spacial score (nSPS) is 10.5. The second-order valence-electron chi connectivity index (χ2n) is 4.00. The first-order chi connectivity index (χ1) is 9.08. The Morgan fingerprint density at radius 3 is 2.47 bits per heavy atom. The van der Waals surface area contributed by atoms with Crippen LogP contribution in [0.15, 0.2) is 18.2 Å². The Balaban J connectivity index is 2.54. The summed E-state index contributed by atoms with van der Waals surface area (Å²) in [5.74, 6) is -1.49. The van der Waals surface area contributed by atoms with Crippen molar-refractivity contribution in [1.29, 1.82) is 0 Å². The Hall–Kier alpha value is -1.95. The summed E-state index contributed by atoms with van der Waals surface area (Å²) in [6, 6.07) is 4.37. The third-order valence-electron chi connectivity index (χ3n) is 2.81. The summed E-state index contributed by atoms with van der Waals surface area (Å²) in [6.45, 7) is 7.25. The van der Waals surface area contributed by atoms with Crippen molar-refractivity contribution in [2.45, 2.75) is 13.8 Å². The minimum absolute atomic E-state index is 0.124. The number of carboxylic acids is 1. The number of rotatable bonds is 7. The molecular formula is C13H19N3O3. The van der Waals surface area contributed by atoms with E-state index in [1.807, 2.05) is 0 Å². The van der Waals surface area contributed by atoms with Gasteiger partial charge in [-0.15, -0.1) is 0 Å². The van der Waals surface area contributed by atoms with Gasteiger partial charge < -0.3 is 15.3 Å². The van der Waals surface area contributed by atoms with Gasteiger partial charge in [0.05, 0.1) is 0 Å². The van der Waals surface area contributed by atoms with Crippen LogP contribution >= 0.6 is 0 Å². The standard InChI is InChI=1S/C13H19N3O3/c1-3-16(4-2)9-8-14-12(17)10-6-5-7-11(15-10)13(18)19/h5-7H,3-4,8-9H2,1-2H3,(H,14,17)(H,18,19). The molecule has 0 spiro atoms. The van der Waals surface area contributed by atoms with Gasteiger partial charge in [0, 0.05) is 13.1 Å². The number of hydrogen-bond donors (Lipinski definition) is 2. The van der Waals surface area contributed by atoms with Gasteiger partial charge in [0.25, 0.3) is 5.91 Å². The van der Waals surface area contributed by atoms with Crippen molar-refractivity contribution in [3.63, 3.8) is 0 Å². The lowest BCUT2D eigenvalue weighted by molar-refractivity contribution is 0.0690. The van der Waals surface area contributed by atoms with E-state index in [1.54, 1.807) is 0 Å². The number of carbonyl (C=O) groups excluding carboxylic acids is 1. The second-order valence-corrected chi connectivity index (χ2v) is 4.00. The number of pyridine rings is 1. The van der Waals surface area contributed by atoms with Crippen molar-refractivity contribution in [3.8, 4) is 0 Å². The predicted octanol–water partition coefficient (Wildman–Crippen LogP) is 0.851. The molecule has 0 unspecified atom stereocenters. The van der Waals surface area contributed by atoms with Gasteiger partial charge in [0.15, 0.2) is 0 Å². The molecule has 0 atom stereocenters. The van der Waals surface area contributed by atoms with Gasteiger partial charge in [-0.25, -0.2) is 9.78 Å². The topological polar surface area (TPSA) is 82.5 Å². The molecule has 6 heteroatoms. The fraction of sp³-hybridized carbons (Fsp3) is 0.462. The molecule has 1 aromatic heterocycles. The number of aromatic carboxylic acids is 1. The average molecular weight is 265 g/mol. The molecular weight excluding hydrogens is 246 g/mol. The molecule has 0 fully saturated rings. The summed E-state index contributed by atoms with van der Waals surface area (Å²) in [6.07, 6.45) is 0. The molecule has 0 saturated carbocycles. The third kappa shape index (κ3) is 4.67. The van der Waals surface area contributed by atoms with Gasteiger partial charge >= 0.3 is 5.97 Å². The van der Waals surface area contributed by atoms with Gasteiger partial charge in [0.2, 0.25) is 0 Å². The molecule has 0 aliphatic heterocycles. The summed E-state index contributed by atoms with van der Waals surface area (Å²) >= 11 is 0. The lowest BCUT2D eigenvalue weighted by Crippen LogP contribution is -2.35. The molecule has 0 aromatic carbocycles. The first-order valence-electron chi connectivity index (χ1n) is 6.29. The summed E-state index contributed by atoms with van der Waals surface area (Å²) in [5.41, 5.74) is -0.00385. The minimum atomic E-state index is -1.14. The van der Waals surface area contributed by atoms with Crippen LogP contribution in [-0.4, -0.2) is 53.0 Å². The Labute approximate surface area is 112 Å². The number of likely N-dealkylation sites (N-methyl/N-ethyl adjacent to an activating group) is 1. The van der Waals surface area contributed by atoms with Crippen LogP contribution in [0.5, 0.6) is 0 Å². The van der Waals surface area contributed by atoms with E-state index in [-0.39, 0.29) is 17.3 Å². The quantitative estimate of drug-likeness (QED) is 0.763. The van der Waals surface area contributed by atoms with E-state index in [4.69, 9.17) is 5.11 Å². The number of aromatic nitrogens is 1. The number of hydrogen-bond acceptors (Lipinski definition) is 4. The molecule has 0 radical (unpaired) electrons. The molecule has 104 valence electrons. The number of carbonyl (C=O) groups is 2. The Bertz CT molecular complexity index is 445. The number of nitrogens with zero attached hydrogens (tertiary/aromatic N) is 2. The van der Waals surface area contributed by atoms with Crippen molar-refractivity contribution in [1.82, 2.24) is 15.2 Å². The van der Waals surface area contributed by atoms with Crippen molar-refractivity contribution in [2.75, 3.05) is 26.2 Å². The molecule has 6 nitrogen and oxygen atoms in total. The van der Waals surface area contributed by atoms with Gasteiger partial charge in [-0.2, -0.15) is 0 Å². The largest absolute Gasteiger partial charge is 0.477 e. The summed E-state index contributed by atoms with van der Waals surface area (Å²) in [4.78, 5) is 28.5. The highest BCUT2D eigenvalue weighted by Gasteiger charge is 2.11. The molecule has 0 aliphatic carbocycles. The van der Waals surface area contributed by atoms with Crippen molar-refractivity contribution in [2.24, 2.45) is 0 Å². The molecule has 1 heterocycles. The Morgan fingerprint density at radius 1 is 1.26 bits per heavy atom. The maximum atomic E-state index is 11.8. The predicted molar refractivity (Wildman–Crippen MR) is 71.3 cm³/mol. The van der Waals surface area contributed by atoms with Crippen molar-refractivity contribution in [3.05, 3.63) is 29.6 Å². The molecule has 1 rings (SSSR count). The van der Waals surface area contributed by atoms with Crippen LogP contribution in [0.25, 0.3) is 0 Å². The van der Waals surface area contributed by atoms with Crippen molar-refractivity contribution >= 4 is 11.9 Å². The van der Waals surface area contributed by atoms with E-state index < -0.39 is 5.97 Å². The summed E-state index contributed by atoms with van der Waals surface area (Å²) in [7, 11) is 0. The SMILES string of the molecule is CCN(CC)CCNC(=O)c1cccc(C(=O)O)n1. The van der Waals surface area contributed by atoms with Crippen LogP contribution in [0.3, 0.4) is 0 Å². The van der Waals surface area contributed by atoms with Crippen LogP contribution in [0, 0.1) is 0 Å². The molecule has 0 saturated heterocycles. The zero-order chi connectivity index (χ0) is 14.3. The zero-order valence-electron chi connectivity index (χ0n) is 11.2. The fourth-order valence-electron chi connectivity index (χ4n) is 1.64. The smallest absolute Gasteiger partial charge is 0.354 e. The summed E-state index contributed by atoms with van der Waals surface area (Å²) in [5, 5.41) is 11.5. The first-order valence-corrected chi connectivity index (χ1v) is 6.29. The highest BCUT2D eigenvalue weighted by molar-refractivity contribution is 5.94. The first kappa shape index (κ1) is 15.1. The van der Waals surface area contributed by atoms with E-state index in [0.29, 0.717) is 6.54 Å². The molecule has 0 bridgehead atoms. The maximum Gasteiger partial charge on any atom is 0.354 e. The number of amides is 1. The van der Waals surface area contributed by atoms with Gasteiger partial charge in [-0.05, 0) is 25.2 Å². The van der Waals surface area contributed by atoms with Crippen LogP contribution in [0.4, 0.5) is 0 Å². The fourth-order valence-corrected chi connectivity index (χ4v) is 1.64. The summed E-state index contributed by atoms with van der Waals surface area (Å²) < 4.78 is 0. The van der Waals surface area contributed by atoms with E-state index in [1.165, 1.54) is 18.2 Å². The third-order valence-corrected chi connectivity index (χ3v) is 2.81. The van der Waals surface area contributed by atoms with Gasteiger partial charge in [-0.3, -0.25) is 4.79 Å². The van der Waals surface area contributed by atoms with Gasteiger partial charge in [0.1, 0.15) is 11.4 Å². The van der Waals surface area contributed by atoms with Crippen LogP contribution < -0.4 is 5.32 Å². The molecule has 1 aromatic rings. The zero-order valence-corrected chi connectivity index (χ0v) is 11.2. The maximum absolute atomic E-state index is 11.8. The average Bonchev–Trinajstić information content (AvgIpc) is 2.43. The van der Waals surface area contributed by atoms with E-state index >= 15 is 0 Å². The van der Waals surface area contributed by atoms with Crippen molar-refractivity contribution < 1.29 is 14.7 Å². The Kier molecular flexibility index (Phi) is 5.95. The monoisotopic (exact) mass is 265 g/mol. The molecule has 19 heavy (non-hydrogen) atoms. The minimum Gasteiger partial charge on any atom is -0.477 e. The van der Waals surface area contributed by atoms with Gasteiger partial charge in [-0.1, -0.05) is 19.9 Å². The van der Waals surface area contributed by atoms with E-state index in [0.717, 1.165) is 19.6 Å². The molecule has 1 amide bonds. The van der Waals surface area contributed by atoms with E-state index in [2.05, 4.69) is 29.0 Å². The van der Waals surface area contributed by atoms with Crippen LogP contribution in [0.2, 0.25) is 0 Å². The highest BCUT2D eigenvalue weighted by Crippen LogP contribution is 1.99. The molecule has 0 aliphatic rings.